The lowest BCUT2D eigenvalue weighted by Crippen LogP contribution is -1.96. The molecule has 0 aliphatic heterocycles. The topological polar surface area (TPSA) is 17.1 Å². The molecular weight excluding hydrogens is 234 g/mol. The maximum Gasteiger partial charge on any atom is 0.189 e. The monoisotopic (exact) mass is 242 g/mol. The molecule has 0 N–H and O–H groups in total. The zero-order chi connectivity index (χ0) is 12.7. The molecule has 3 rings (SSSR count). The van der Waals surface area contributed by atoms with Crippen LogP contribution in [0.25, 0.3) is 21.5 Å². The molecule has 0 atom stereocenters. The summed E-state index contributed by atoms with van der Waals surface area (Å²) in [5.41, 5.74) is -0.516. The first-order chi connectivity index (χ1) is 8.66. The minimum absolute atomic E-state index is 0.190. The van der Waals surface area contributed by atoms with Crippen LogP contribution in [0, 0.1) is 11.6 Å². The van der Waals surface area contributed by atoms with Crippen molar-refractivity contribution in [1.82, 2.24) is 0 Å². The molecule has 0 aliphatic carbocycles. The van der Waals surface area contributed by atoms with Crippen molar-refractivity contribution in [3.63, 3.8) is 0 Å². The van der Waals surface area contributed by atoms with E-state index in [1.807, 2.05) is 0 Å². The van der Waals surface area contributed by atoms with Crippen LogP contribution in [0.5, 0.6) is 0 Å². The summed E-state index contributed by atoms with van der Waals surface area (Å²) in [6.45, 7) is 0. The van der Waals surface area contributed by atoms with Crippen molar-refractivity contribution < 1.29 is 8.78 Å². The zero-order valence-corrected chi connectivity index (χ0v) is 9.28. The number of halogens is 2. The van der Waals surface area contributed by atoms with Crippen LogP contribution in [0.3, 0.4) is 0 Å². The van der Waals surface area contributed by atoms with Crippen LogP contribution in [0.2, 0.25) is 0 Å². The standard InChI is InChI=1S/C15H8F2O/c16-9-5-6-11-10-3-1-2-4-12(10)14(17)8-15(18)13(11)7-9/h1-8H. The average Bonchev–Trinajstić information content (AvgIpc) is 2.47. The first kappa shape index (κ1) is 10.8. The van der Waals surface area contributed by atoms with Crippen molar-refractivity contribution in [3.8, 4) is 0 Å². The smallest absolute Gasteiger partial charge is 0.189 e. The minimum Gasteiger partial charge on any atom is -0.289 e. The van der Waals surface area contributed by atoms with Gasteiger partial charge in [-0.25, -0.2) is 8.78 Å². The van der Waals surface area contributed by atoms with Gasteiger partial charge in [-0.05, 0) is 22.9 Å². The van der Waals surface area contributed by atoms with Gasteiger partial charge in [-0.2, -0.15) is 0 Å². The van der Waals surface area contributed by atoms with Gasteiger partial charge in [-0.1, -0.05) is 30.3 Å². The Labute approximate surface area is 101 Å². The third kappa shape index (κ3) is 1.56. The largest absolute Gasteiger partial charge is 0.289 e. The highest BCUT2D eigenvalue weighted by atomic mass is 19.1. The number of benzene rings is 2. The first-order valence-electron chi connectivity index (χ1n) is 5.47. The van der Waals surface area contributed by atoms with Crippen molar-refractivity contribution in [1.29, 1.82) is 0 Å². The summed E-state index contributed by atoms with van der Waals surface area (Å²) in [4.78, 5) is 11.9. The Balaban J connectivity index is 2.73. The molecular formula is C15H8F2O. The van der Waals surface area contributed by atoms with Crippen molar-refractivity contribution in [2.45, 2.75) is 0 Å². The highest BCUT2D eigenvalue weighted by Crippen LogP contribution is 2.23. The number of fused-ring (bicyclic) bond motifs is 3. The summed E-state index contributed by atoms with van der Waals surface area (Å²) in [6, 6.07) is 11.6. The zero-order valence-electron chi connectivity index (χ0n) is 9.28. The fourth-order valence-electron chi connectivity index (χ4n) is 2.15. The van der Waals surface area contributed by atoms with Gasteiger partial charge in [0.2, 0.25) is 0 Å². The molecule has 0 aromatic heterocycles. The molecule has 3 heteroatoms. The van der Waals surface area contributed by atoms with Gasteiger partial charge < -0.3 is 0 Å². The van der Waals surface area contributed by atoms with E-state index in [1.165, 1.54) is 12.1 Å². The Bertz CT molecular complexity index is 825. The van der Waals surface area contributed by atoms with E-state index in [4.69, 9.17) is 0 Å². The van der Waals surface area contributed by atoms with Gasteiger partial charge in [0.25, 0.3) is 0 Å². The van der Waals surface area contributed by atoms with Crippen LogP contribution in [-0.4, -0.2) is 0 Å². The number of hydrogen-bond donors (Lipinski definition) is 0. The highest BCUT2D eigenvalue weighted by Gasteiger charge is 2.07. The number of rotatable bonds is 0. The van der Waals surface area contributed by atoms with E-state index in [-0.39, 0.29) is 5.39 Å². The second-order valence-corrected chi connectivity index (χ2v) is 4.09. The molecule has 1 nitrogen and oxygen atoms in total. The summed E-state index contributed by atoms with van der Waals surface area (Å²) in [6.07, 6.45) is 0. The quantitative estimate of drug-likeness (QED) is 0.588. The van der Waals surface area contributed by atoms with Gasteiger partial charge in [-0.15, -0.1) is 0 Å². The van der Waals surface area contributed by atoms with E-state index in [1.54, 1.807) is 24.3 Å². The second-order valence-electron chi connectivity index (χ2n) is 4.09. The molecule has 0 bridgehead atoms. The average molecular weight is 242 g/mol. The lowest BCUT2D eigenvalue weighted by atomic mass is 10.1. The molecule has 0 saturated heterocycles. The Morgan fingerprint density at radius 1 is 0.722 bits per heavy atom. The second kappa shape index (κ2) is 3.88. The number of hydrogen-bond acceptors (Lipinski definition) is 1. The first-order valence-corrected chi connectivity index (χ1v) is 5.47. The van der Waals surface area contributed by atoms with Crippen molar-refractivity contribution in [3.05, 3.63) is 70.4 Å². The molecule has 88 valence electrons. The molecule has 3 aromatic rings. The Morgan fingerprint density at radius 3 is 2.17 bits per heavy atom. The third-order valence-corrected chi connectivity index (χ3v) is 2.98. The van der Waals surface area contributed by atoms with Gasteiger partial charge in [0, 0.05) is 16.8 Å². The molecule has 0 aliphatic rings. The van der Waals surface area contributed by atoms with Crippen LogP contribution in [0.1, 0.15) is 0 Å². The Hall–Kier alpha value is -2.29. The van der Waals surface area contributed by atoms with E-state index in [0.29, 0.717) is 16.2 Å². The van der Waals surface area contributed by atoms with Gasteiger partial charge >= 0.3 is 0 Å². The summed E-state index contributed by atoms with van der Waals surface area (Å²) < 4.78 is 27.1. The normalized spacial score (nSPS) is 11.0. The maximum absolute atomic E-state index is 13.9. The Morgan fingerprint density at radius 2 is 1.39 bits per heavy atom. The van der Waals surface area contributed by atoms with Crippen LogP contribution in [-0.2, 0) is 0 Å². The lowest BCUT2D eigenvalue weighted by Gasteiger charge is -1.97. The van der Waals surface area contributed by atoms with Gasteiger partial charge in [0.1, 0.15) is 11.6 Å². The van der Waals surface area contributed by atoms with Crippen LogP contribution < -0.4 is 5.43 Å². The van der Waals surface area contributed by atoms with Crippen LogP contribution >= 0.6 is 0 Å². The summed E-state index contributed by atoms with van der Waals surface area (Å²) in [5.74, 6) is -1.09. The maximum atomic E-state index is 13.9. The van der Waals surface area contributed by atoms with Gasteiger partial charge in [0.05, 0.1) is 0 Å². The molecule has 0 fully saturated rings. The third-order valence-electron chi connectivity index (χ3n) is 2.98. The van der Waals surface area contributed by atoms with Gasteiger partial charge in [0.15, 0.2) is 5.43 Å². The predicted molar refractivity (Wildman–Crippen MR) is 67.6 cm³/mol. The van der Waals surface area contributed by atoms with Gasteiger partial charge in [-0.3, -0.25) is 4.79 Å². The highest BCUT2D eigenvalue weighted by molar-refractivity contribution is 6.05. The molecule has 0 unspecified atom stereocenters. The fourth-order valence-corrected chi connectivity index (χ4v) is 2.15. The van der Waals surface area contributed by atoms with Crippen molar-refractivity contribution >= 4 is 21.5 Å². The SMILES string of the molecule is O=c1cc(F)c2ccccc2c2ccc(F)cc12. The molecule has 0 amide bonds. The molecule has 0 radical (unpaired) electrons. The molecule has 0 saturated carbocycles. The van der Waals surface area contributed by atoms with E-state index in [2.05, 4.69) is 0 Å². The van der Waals surface area contributed by atoms with Crippen LogP contribution in [0.4, 0.5) is 8.78 Å². The lowest BCUT2D eigenvalue weighted by molar-refractivity contribution is 0.629. The van der Waals surface area contributed by atoms with Crippen molar-refractivity contribution in [2.75, 3.05) is 0 Å². The Kier molecular flexibility index (Phi) is 2.33. The van der Waals surface area contributed by atoms with Crippen LogP contribution in [0.15, 0.2) is 53.3 Å². The molecule has 18 heavy (non-hydrogen) atoms. The minimum atomic E-state index is -0.591. The fraction of sp³-hybridized carbons (Fsp3) is 0. The van der Waals surface area contributed by atoms with E-state index < -0.39 is 17.1 Å². The molecule has 3 aromatic carbocycles. The molecule has 0 heterocycles. The van der Waals surface area contributed by atoms with E-state index in [0.717, 1.165) is 12.1 Å². The summed E-state index contributed by atoms with van der Waals surface area (Å²) in [7, 11) is 0. The molecule has 0 spiro atoms. The summed E-state index contributed by atoms with van der Waals surface area (Å²) >= 11 is 0. The summed E-state index contributed by atoms with van der Waals surface area (Å²) in [5, 5.41) is 1.71. The van der Waals surface area contributed by atoms with E-state index >= 15 is 0 Å². The van der Waals surface area contributed by atoms with E-state index in [9.17, 15) is 13.6 Å². The van der Waals surface area contributed by atoms with Crippen molar-refractivity contribution in [2.24, 2.45) is 0 Å². The predicted octanol–water partition coefficient (Wildman–Crippen LogP) is 3.63.